The maximum absolute atomic E-state index is 5.59. The van der Waals surface area contributed by atoms with Gasteiger partial charge in [-0.05, 0) is 38.6 Å². The number of methoxy groups -OCH3 is 1. The molecule has 1 aliphatic rings. The zero-order chi connectivity index (χ0) is 12.0. The number of nitrogens with one attached hydrogen (secondary N) is 1. The quantitative estimate of drug-likeness (QED) is 0.647. The van der Waals surface area contributed by atoms with Gasteiger partial charge < -0.3 is 14.8 Å². The molecular formula is C13H27NO2. The Morgan fingerprint density at radius 3 is 2.69 bits per heavy atom. The van der Waals surface area contributed by atoms with Gasteiger partial charge in [-0.25, -0.2) is 0 Å². The van der Waals surface area contributed by atoms with E-state index in [-0.39, 0.29) is 6.10 Å². The highest BCUT2D eigenvalue weighted by Gasteiger charge is 2.41. The zero-order valence-corrected chi connectivity index (χ0v) is 11.2. The third-order valence-corrected chi connectivity index (χ3v) is 3.27. The summed E-state index contributed by atoms with van der Waals surface area (Å²) >= 11 is 0. The minimum atomic E-state index is 0.249. The van der Waals surface area contributed by atoms with Gasteiger partial charge in [0.05, 0.1) is 12.2 Å². The molecule has 3 atom stereocenters. The molecule has 1 N–H and O–H groups in total. The number of rotatable bonds is 8. The normalized spacial score (nSPS) is 29.4. The molecule has 3 unspecified atom stereocenters. The lowest BCUT2D eigenvalue weighted by Crippen LogP contribution is -2.59. The van der Waals surface area contributed by atoms with E-state index in [9.17, 15) is 0 Å². The van der Waals surface area contributed by atoms with Crippen molar-refractivity contribution in [1.29, 1.82) is 0 Å². The molecule has 0 aromatic heterocycles. The first kappa shape index (κ1) is 13.9. The topological polar surface area (TPSA) is 30.5 Å². The van der Waals surface area contributed by atoms with E-state index in [0.717, 1.165) is 25.5 Å². The Balaban J connectivity index is 2.10. The minimum absolute atomic E-state index is 0.249. The summed E-state index contributed by atoms with van der Waals surface area (Å²) < 4.78 is 11.0. The molecule has 0 bridgehead atoms. The first-order chi connectivity index (χ1) is 7.69. The predicted molar refractivity (Wildman–Crippen MR) is 66.7 cm³/mol. The van der Waals surface area contributed by atoms with Gasteiger partial charge in [0, 0.05) is 19.8 Å². The molecule has 0 aromatic carbocycles. The maximum Gasteiger partial charge on any atom is 0.0986 e. The monoisotopic (exact) mass is 229 g/mol. The lowest BCUT2D eigenvalue weighted by Gasteiger charge is -2.43. The lowest BCUT2D eigenvalue weighted by atomic mass is 9.85. The standard InChI is InChI=1S/C13H27NO2/c1-5-16-12-9-11(13(12)15-4)14-8-6-7-10(2)3/h10-14H,5-9H2,1-4H3. The molecule has 1 rings (SSSR count). The Morgan fingerprint density at radius 2 is 2.12 bits per heavy atom. The van der Waals surface area contributed by atoms with E-state index >= 15 is 0 Å². The van der Waals surface area contributed by atoms with Crippen LogP contribution in [-0.2, 0) is 9.47 Å². The molecule has 16 heavy (non-hydrogen) atoms. The van der Waals surface area contributed by atoms with Crippen LogP contribution in [0.5, 0.6) is 0 Å². The van der Waals surface area contributed by atoms with E-state index in [0.29, 0.717) is 12.1 Å². The van der Waals surface area contributed by atoms with Gasteiger partial charge in [0.2, 0.25) is 0 Å². The van der Waals surface area contributed by atoms with Crippen molar-refractivity contribution >= 4 is 0 Å². The average Bonchev–Trinajstić information content (AvgIpc) is 2.21. The first-order valence-corrected chi connectivity index (χ1v) is 6.56. The SMILES string of the molecule is CCOC1CC(NCCCC(C)C)C1OC. The Morgan fingerprint density at radius 1 is 1.38 bits per heavy atom. The van der Waals surface area contributed by atoms with Gasteiger partial charge >= 0.3 is 0 Å². The predicted octanol–water partition coefficient (Wildman–Crippen LogP) is 2.20. The van der Waals surface area contributed by atoms with Gasteiger partial charge in [0.15, 0.2) is 0 Å². The number of hydrogen-bond donors (Lipinski definition) is 1. The van der Waals surface area contributed by atoms with Gasteiger partial charge in [-0.15, -0.1) is 0 Å². The molecule has 96 valence electrons. The second-order valence-electron chi connectivity index (χ2n) is 5.03. The van der Waals surface area contributed by atoms with Crippen molar-refractivity contribution in [2.45, 2.75) is 58.3 Å². The third kappa shape index (κ3) is 4.04. The highest BCUT2D eigenvalue weighted by molar-refractivity contribution is 4.96. The van der Waals surface area contributed by atoms with Crippen molar-refractivity contribution in [2.24, 2.45) is 5.92 Å². The summed E-state index contributed by atoms with van der Waals surface area (Å²) in [5.41, 5.74) is 0. The van der Waals surface area contributed by atoms with Crippen molar-refractivity contribution in [3.63, 3.8) is 0 Å². The van der Waals surface area contributed by atoms with Gasteiger partial charge in [-0.2, -0.15) is 0 Å². The van der Waals surface area contributed by atoms with Gasteiger partial charge in [-0.3, -0.25) is 0 Å². The summed E-state index contributed by atoms with van der Waals surface area (Å²) in [6.45, 7) is 8.46. The lowest BCUT2D eigenvalue weighted by molar-refractivity contribution is -0.131. The molecule has 1 saturated carbocycles. The summed E-state index contributed by atoms with van der Waals surface area (Å²) in [5.74, 6) is 0.803. The van der Waals surface area contributed by atoms with E-state index in [1.54, 1.807) is 7.11 Å². The molecule has 0 aromatic rings. The Labute approximate surface area is 99.9 Å². The van der Waals surface area contributed by atoms with Crippen LogP contribution in [-0.4, -0.2) is 38.5 Å². The Bertz CT molecular complexity index is 185. The van der Waals surface area contributed by atoms with Gasteiger partial charge in [0.1, 0.15) is 0 Å². The first-order valence-electron chi connectivity index (χ1n) is 6.56. The largest absolute Gasteiger partial charge is 0.377 e. The molecular weight excluding hydrogens is 202 g/mol. The maximum atomic E-state index is 5.59. The van der Waals surface area contributed by atoms with Crippen LogP contribution in [0.1, 0.15) is 40.0 Å². The molecule has 1 fully saturated rings. The molecule has 0 spiro atoms. The van der Waals surface area contributed by atoms with Crippen LogP contribution in [0.2, 0.25) is 0 Å². The van der Waals surface area contributed by atoms with Crippen LogP contribution in [0.3, 0.4) is 0 Å². The van der Waals surface area contributed by atoms with Crippen LogP contribution in [0, 0.1) is 5.92 Å². The van der Waals surface area contributed by atoms with Crippen LogP contribution in [0.15, 0.2) is 0 Å². The molecule has 1 aliphatic carbocycles. The molecule has 3 heteroatoms. The molecule has 0 radical (unpaired) electrons. The molecule has 0 heterocycles. The van der Waals surface area contributed by atoms with Crippen LogP contribution >= 0.6 is 0 Å². The van der Waals surface area contributed by atoms with E-state index in [1.807, 2.05) is 6.92 Å². The second kappa shape index (κ2) is 7.25. The summed E-state index contributed by atoms with van der Waals surface area (Å²) in [6.07, 6.45) is 4.20. The van der Waals surface area contributed by atoms with Crippen molar-refractivity contribution in [3.05, 3.63) is 0 Å². The fourth-order valence-electron chi connectivity index (χ4n) is 2.27. The Hall–Kier alpha value is -0.120. The smallest absolute Gasteiger partial charge is 0.0986 e. The third-order valence-electron chi connectivity index (χ3n) is 3.27. The second-order valence-corrected chi connectivity index (χ2v) is 5.03. The Kier molecular flexibility index (Phi) is 6.32. The summed E-state index contributed by atoms with van der Waals surface area (Å²) in [4.78, 5) is 0. The fourth-order valence-corrected chi connectivity index (χ4v) is 2.27. The average molecular weight is 229 g/mol. The number of hydrogen-bond acceptors (Lipinski definition) is 3. The molecule has 3 nitrogen and oxygen atoms in total. The van der Waals surface area contributed by atoms with Crippen molar-refractivity contribution in [3.8, 4) is 0 Å². The molecule has 0 saturated heterocycles. The van der Waals surface area contributed by atoms with E-state index in [2.05, 4.69) is 19.2 Å². The van der Waals surface area contributed by atoms with E-state index < -0.39 is 0 Å². The van der Waals surface area contributed by atoms with Crippen LogP contribution < -0.4 is 5.32 Å². The van der Waals surface area contributed by atoms with E-state index in [4.69, 9.17) is 9.47 Å². The molecule has 0 amide bonds. The molecule has 0 aliphatic heterocycles. The summed E-state index contributed by atoms with van der Waals surface area (Å²) in [6, 6.07) is 0.494. The zero-order valence-electron chi connectivity index (χ0n) is 11.2. The van der Waals surface area contributed by atoms with E-state index in [1.165, 1.54) is 12.8 Å². The fraction of sp³-hybridized carbons (Fsp3) is 1.00. The van der Waals surface area contributed by atoms with Crippen molar-refractivity contribution in [2.75, 3.05) is 20.3 Å². The van der Waals surface area contributed by atoms with Crippen molar-refractivity contribution in [1.82, 2.24) is 5.32 Å². The highest BCUT2D eigenvalue weighted by atomic mass is 16.5. The minimum Gasteiger partial charge on any atom is -0.377 e. The van der Waals surface area contributed by atoms with Gasteiger partial charge in [-0.1, -0.05) is 13.8 Å². The van der Waals surface area contributed by atoms with Crippen molar-refractivity contribution < 1.29 is 9.47 Å². The summed E-state index contributed by atoms with van der Waals surface area (Å²) in [5, 5.41) is 3.56. The van der Waals surface area contributed by atoms with Crippen LogP contribution in [0.25, 0.3) is 0 Å². The highest BCUT2D eigenvalue weighted by Crippen LogP contribution is 2.26. The number of ether oxygens (including phenoxy) is 2. The van der Waals surface area contributed by atoms with Crippen LogP contribution in [0.4, 0.5) is 0 Å². The summed E-state index contributed by atoms with van der Waals surface area (Å²) in [7, 11) is 1.78. The van der Waals surface area contributed by atoms with Gasteiger partial charge in [0.25, 0.3) is 0 Å².